The van der Waals surface area contributed by atoms with E-state index in [4.69, 9.17) is 0 Å². The number of nitrogens with one attached hydrogen (secondary N) is 8. The van der Waals surface area contributed by atoms with Crippen LogP contribution in [0.2, 0.25) is 0 Å². The Hall–Kier alpha value is 0.684. The quantitative estimate of drug-likeness (QED) is 0.152. The molecule has 9 fully saturated rings. The first kappa shape index (κ1) is 30.0. The Bertz CT molecular complexity index is 723. The fourth-order valence-electron chi connectivity index (χ4n) is 11.7. The van der Waals surface area contributed by atoms with Crippen LogP contribution in [0.15, 0.2) is 0 Å². The van der Waals surface area contributed by atoms with Crippen LogP contribution < -0.4 is 42.5 Å². The normalized spacial score (nSPS) is 55.0. The number of rotatable bonds is 0. The van der Waals surface area contributed by atoms with E-state index in [2.05, 4.69) is 58.3 Å². The van der Waals surface area contributed by atoms with Gasteiger partial charge in [-0.25, -0.2) is 0 Å². The van der Waals surface area contributed by atoms with Gasteiger partial charge in [0.25, 0.3) is 0 Å². The van der Waals surface area contributed by atoms with Crippen LogP contribution in [-0.2, 0) is 19.4 Å². The van der Waals surface area contributed by atoms with Gasteiger partial charge in [0.05, 0.1) is 43.2 Å². The summed E-state index contributed by atoms with van der Waals surface area (Å²) in [5, 5.41) is 33.7. The molecule has 5 aliphatic heterocycles. The predicted octanol–water partition coefficient (Wildman–Crippen LogP) is 3.11. The summed E-state index contributed by atoms with van der Waals surface area (Å²) in [5.41, 5.74) is 0. The van der Waals surface area contributed by atoms with E-state index in [0.717, 1.165) is 35.5 Å². The fraction of sp³-hybridized carbons (Fsp3) is 0.969. The maximum absolute atomic E-state index is 4.64. The van der Waals surface area contributed by atoms with Gasteiger partial charge in [-0.3, -0.25) is 42.5 Å². The van der Waals surface area contributed by atoms with Crippen LogP contribution in [0.3, 0.4) is 0 Å². The minimum absolute atomic E-state index is 0.365. The Morgan fingerprint density at radius 2 is 0.619 bits per heavy atom. The van der Waals surface area contributed by atoms with Gasteiger partial charge in [0, 0.05) is 6.17 Å². The Morgan fingerprint density at radius 1 is 0.357 bits per heavy atom. The third-order valence-electron chi connectivity index (χ3n) is 13.6. The molecule has 234 valence electrons. The van der Waals surface area contributed by atoms with Gasteiger partial charge >= 0.3 is 28.7 Å². The Kier molecular flexibility index (Phi) is 9.34. The van der Waals surface area contributed by atoms with Crippen molar-refractivity contribution in [3.05, 3.63) is 6.42 Å². The van der Waals surface area contributed by atoms with Crippen LogP contribution in [0.25, 0.3) is 0 Å². The zero-order valence-electron chi connectivity index (χ0n) is 25.3. The molecule has 0 radical (unpaired) electrons. The van der Waals surface area contributed by atoms with Crippen molar-refractivity contribution in [1.82, 2.24) is 42.5 Å². The second-order valence-electron chi connectivity index (χ2n) is 15.4. The molecule has 9 aliphatic rings. The second-order valence-corrected chi connectivity index (χ2v) is 15.4. The predicted molar refractivity (Wildman–Crippen MR) is 163 cm³/mol. The molecule has 4 saturated carbocycles. The van der Waals surface area contributed by atoms with Gasteiger partial charge in [-0.15, -0.1) is 5.92 Å². The fourth-order valence-corrected chi connectivity index (χ4v) is 11.7. The summed E-state index contributed by atoms with van der Waals surface area (Å²) >= 11 is 1.47. The summed E-state index contributed by atoms with van der Waals surface area (Å²) in [6.07, 6.45) is 26.4. The molecule has 0 amide bonds. The van der Waals surface area contributed by atoms with E-state index >= 15 is 0 Å². The van der Waals surface area contributed by atoms with Gasteiger partial charge in [0.15, 0.2) is 0 Å². The zero-order chi connectivity index (χ0) is 28.2. The Balaban J connectivity index is 0.00000131. The van der Waals surface area contributed by atoms with Gasteiger partial charge in [-0.1, -0.05) is 51.4 Å². The molecule has 8 N–H and O–H groups in total. The molecule has 0 spiro atoms. The molecule has 0 aromatic carbocycles. The summed E-state index contributed by atoms with van der Waals surface area (Å²) in [4.78, 5) is 0. The number of halogens is 1. The molecule has 4 aliphatic carbocycles. The summed E-state index contributed by atoms with van der Waals surface area (Å²) in [6, 6.07) is 0. The maximum atomic E-state index is 4.64. The molecule has 16 unspecified atom stereocenters. The average molecular weight is 635 g/mol. The molecule has 16 atom stereocenters. The monoisotopic (exact) mass is 634 g/mol. The zero-order valence-corrected chi connectivity index (χ0v) is 27.6. The van der Waals surface area contributed by atoms with E-state index < -0.39 is 0 Å². The third kappa shape index (κ3) is 5.42. The third-order valence-corrected chi connectivity index (χ3v) is 13.6. The average Bonchev–Trinajstić information content (AvgIpc) is 3.78. The molecule has 10 heteroatoms. The van der Waals surface area contributed by atoms with E-state index in [9.17, 15) is 0 Å². The van der Waals surface area contributed by atoms with E-state index in [1.54, 1.807) is 0 Å². The van der Waals surface area contributed by atoms with E-state index in [1.165, 1.54) is 116 Å². The second kappa shape index (κ2) is 13.1. The van der Waals surface area contributed by atoms with Crippen molar-refractivity contribution < 1.29 is 19.4 Å². The van der Waals surface area contributed by atoms with Gasteiger partial charge < -0.3 is 6.42 Å². The molecule has 9 rings (SSSR count). The Labute approximate surface area is 269 Å². The topological polar surface area (TPSA) is 96.2 Å². The first-order valence-electron chi connectivity index (χ1n) is 17.9. The first-order chi connectivity index (χ1) is 20.8. The van der Waals surface area contributed by atoms with E-state index in [0.29, 0.717) is 61.2 Å². The van der Waals surface area contributed by atoms with Crippen molar-refractivity contribution in [2.24, 2.45) is 47.3 Å². The SMILES string of the molecule is [CH-]1CCCC2C3NC(NC4NC(NC5NC(NC6NC(N3)C3CCCCC63)C3CCCCC53)C3CCCCC43)C12.[Cl][Ti+]. The minimum atomic E-state index is 0.365. The van der Waals surface area contributed by atoms with Crippen LogP contribution in [0.5, 0.6) is 0 Å². The molecule has 0 aromatic rings. The molecule has 5 heterocycles. The van der Waals surface area contributed by atoms with Crippen molar-refractivity contribution in [3.63, 3.8) is 0 Å². The van der Waals surface area contributed by atoms with Crippen molar-refractivity contribution in [2.45, 2.75) is 146 Å². The van der Waals surface area contributed by atoms with Crippen LogP contribution in [0, 0.1) is 53.8 Å². The van der Waals surface area contributed by atoms with Gasteiger partial charge in [-0.05, 0) is 80.0 Å². The van der Waals surface area contributed by atoms with Crippen LogP contribution in [0.1, 0.15) is 96.3 Å². The molecular weight excluding hydrogens is 580 g/mol. The summed E-state index contributed by atoms with van der Waals surface area (Å²) in [7, 11) is 4.64. The van der Waals surface area contributed by atoms with Crippen molar-refractivity contribution in [1.29, 1.82) is 0 Å². The van der Waals surface area contributed by atoms with Gasteiger partial charge in [0.2, 0.25) is 0 Å². The standard InChI is InChI=1S/C32H55N8.ClH.Ti/c1-2-10-18-17(9-1)25-33-26(18)38-28-21-13-5-6-14-22(21)30(35-28)40-32-24-16-8-7-15-23(24)31(36-32)39-29-20-12-4-3-11-19(20)27(34-29)37-25;;/h9,17-40H,1-8,10-16H2;1H;/q-1;;+2/p-1. The number of hydrogen-bond acceptors (Lipinski definition) is 8. The molecule has 0 aromatic heterocycles. The molecule has 42 heavy (non-hydrogen) atoms. The van der Waals surface area contributed by atoms with Gasteiger partial charge in [0.1, 0.15) is 0 Å². The van der Waals surface area contributed by atoms with Crippen LogP contribution in [-0.4, -0.2) is 49.3 Å². The Morgan fingerprint density at radius 3 is 0.952 bits per heavy atom. The molecule has 8 bridgehead atoms. The molecule has 8 nitrogen and oxygen atoms in total. The number of hydrogen-bond donors (Lipinski definition) is 8. The summed E-state index contributed by atoms with van der Waals surface area (Å²) < 4.78 is 0. The van der Waals surface area contributed by atoms with Crippen molar-refractivity contribution in [2.75, 3.05) is 0 Å². The van der Waals surface area contributed by atoms with Crippen molar-refractivity contribution in [3.8, 4) is 0 Å². The first-order valence-corrected chi connectivity index (χ1v) is 20.1. The molecular formula is C32H55ClN8Ti. The van der Waals surface area contributed by atoms with Crippen LogP contribution >= 0.6 is 9.30 Å². The van der Waals surface area contributed by atoms with E-state index in [-0.39, 0.29) is 0 Å². The van der Waals surface area contributed by atoms with E-state index in [1.807, 2.05) is 0 Å². The van der Waals surface area contributed by atoms with Crippen molar-refractivity contribution >= 4 is 9.30 Å². The molecule has 5 saturated heterocycles. The van der Waals surface area contributed by atoms with Gasteiger partial charge in [-0.2, -0.15) is 6.42 Å². The number of fused-ring (bicyclic) bond motifs is 20. The summed E-state index contributed by atoms with van der Waals surface area (Å²) in [6.45, 7) is 0. The van der Waals surface area contributed by atoms with Crippen LogP contribution in [0.4, 0.5) is 0 Å². The summed E-state index contributed by atoms with van der Waals surface area (Å²) in [5.74, 6) is 5.74.